The molecule has 0 spiro atoms. The van der Waals surface area contributed by atoms with Gasteiger partial charge >= 0.3 is 0 Å². The third kappa shape index (κ3) is 132. The van der Waals surface area contributed by atoms with Crippen LogP contribution >= 0.6 is 0 Å². The van der Waals surface area contributed by atoms with Crippen LogP contribution in [-0.2, 0) is 0 Å². The van der Waals surface area contributed by atoms with E-state index in [0.29, 0.717) is 0 Å². The van der Waals surface area contributed by atoms with Gasteiger partial charge in [0.2, 0.25) is 0 Å². The number of benzene rings is 16. The van der Waals surface area contributed by atoms with Gasteiger partial charge in [0.15, 0.2) is 0 Å². The van der Waals surface area contributed by atoms with Crippen molar-refractivity contribution in [1.29, 1.82) is 0 Å². The van der Waals surface area contributed by atoms with E-state index in [9.17, 15) is 0 Å². The zero-order valence-electron chi connectivity index (χ0n) is 98.6. The van der Waals surface area contributed by atoms with Crippen LogP contribution < -0.4 is 23.7 Å². The lowest BCUT2D eigenvalue weighted by Crippen LogP contribution is -1.81. The first-order valence-electron chi connectivity index (χ1n) is 51.5. The molecule has 5 heteroatoms. The summed E-state index contributed by atoms with van der Waals surface area (Å²) in [6.45, 7) is 63.7. The Labute approximate surface area is 912 Å². The van der Waals surface area contributed by atoms with Crippen molar-refractivity contribution in [2.45, 2.75) is 228 Å². The summed E-state index contributed by atoms with van der Waals surface area (Å²) in [5.41, 5.74) is 5.20. The van der Waals surface area contributed by atoms with Crippen LogP contribution in [-0.4, -0.2) is 28.4 Å². The quantitative estimate of drug-likeness (QED) is 0.149. The summed E-state index contributed by atoms with van der Waals surface area (Å²) in [5.74, 6) is 21.1. The first kappa shape index (κ1) is 165. The Balaban J connectivity index is -0.0000000972. The van der Waals surface area contributed by atoms with Gasteiger partial charge in [0.05, 0.1) is 28.4 Å². The van der Waals surface area contributed by atoms with Crippen molar-refractivity contribution in [2.24, 2.45) is 0 Å². The van der Waals surface area contributed by atoms with E-state index >= 15 is 0 Å². The number of hydrogen-bond donors (Lipinski definition) is 0. The maximum atomic E-state index is 5.58. The largest absolute Gasteiger partial charge is 0.497 e. The van der Waals surface area contributed by atoms with Crippen molar-refractivity contribution >= 4 is 21.5 Å². The van der Waals surface area contributed by atoms with Crippen LogP contribution in [0.2, 0.25) is 0 Å². The molecular weight excluding hydrogens is 1800 g/mol. The molecule has 0 aromatic heterocycles. The first-order chi connectivity index (χ1) is 72.8. The number of methoxy groups -OCH3 is 4. The summed E-state index contributed by atoms with van der Waals surface area (Å²) in [6.07, 6.45) is 32.2. The number of para-hydroxylation sites is 6. The Morgan fingerprint density at radius 2 is 0.223 bits per heavy atom. The second kappa shape index (κ2) is 164. The highest BCUT2D eigenvalue weighted by atomic mass is 16.5. The molecule has 0 N–H and O–H groups in total. The van der Waals surface area contributed by atoms with E-state index in [2.05, 4.69) is 270 Å². The van der Waals surface area contributed by atoms with Gasteiger partial charge in [-0.05, 0) is 168 Å². The zero-order chi connectivity index (χ0) is 116. The Morgan fingerprint density at radius 3 is 0.318 bits per heavy atom. The number of rotatable bonds is 7. The number of fused-ring (bicyclic) bond motifs is 2. The second-order valence-electron chi connectivity index (χ2n) is 23.9. The monoisotopic (exact) mass is 1990 g/mol. The highest BCUT2D eigenvalue weighted by Gasteiger charge is 1.95. The molecule has 5 nitrogen and oxygen atoms in total. The molecule has 0 amide bonds. The van der Waals surface area contributed by atoms with E-state index in [-0.39, 0.29) is 0 Å². The van der Waals surface area contributed by atoms with Crippen molar-refractivity contribution < 1.29 is 23.7 Å². The first-order valence-corrected chi connectivity index (χ1v) is 51.5. The molecule has 16 rings (SSSR count). The van der Waals surface area contributed by atoms with Gasteiger partial charge < -0.3 is 23.7 Å². The van der Waals surface area contributed by atoms with Gasteiger partial charge in [-0.1, -0.05) is 578 Å². The maximum absolute atomic E-state index is 5.58. The van der Waals surface area contributed by atoms with E-state index in [0.717, 1.165) is 34.5 Å². The smallest absolute Gasteiger partial charge is 0.127 e. The molecule has 0 saturated carbocycles. The molecule has 0 unspecified atom stereocenters. The van der Waals surface area contributed by atoms with Gasteiger partial charge in [-0.2, -0.15) is 0 Å². The molecule has 798 valence electrons. The fourth-order valence-corrected chi connectivity index (χ4v) is 8.71. The fourth-order valence-electron chi connectivity index (χ4n) is 8.71. The molecule has 148 heavy (non-hydrogen) atoms. The summed E-state index contributed by atoms with van der Waals surface area (Å²) in [7, 11) is 6.65. The van der Waals surface area contributed by atoms with E-state index in [4.69, 9.17) is 23.7 Å². The van der Waals surface area contributed by atoms with Crippen LogP contribution in [0.5, 0.6) is 34.5 Å². The molecule has 0 aliphatic rings. The summed E-state index contributed by atoms with van der Waals surface area (Å²) < 4.78 is 25.2. The minimum atomic E-state index is 0.869. The molecule has 0 bridgehead atoms. The molecule has 0 fully saturated rings. The van der Waals surface area contributed by atoms with Gasteiger partial charge in [0.25, 0.3) is 0 Å². The zero-order valence-corrected chi connectivity index (χ0v) is 98.6. The lowest BCUT2D eigenvalue weighted by atomic mass is 10.1. The number of aryl methyl sites for hydroxylation is 2. The van der Waals surface area contributed by atoms with Crippen molar-refractivity contribution in [3.63, 3.8) is 0 Å². The fraction of sp³-hybridized carbons (Fsp3) is 0.259. The lowest BCUT2D eigenvalue weighted by molar-refractivity contribution is 0.414. The van der Waals surface area contributed by atoms with Crippen molar-refractivity contribution in [1.82, 2.24) is 0 Å². The van der Waals surface area contributed by atoms with Gasteiger partial charge in [-0.25, -0.2) is 0 Å². The molecule has 0 aliphatic carbocycles. The molecule has 0 heterocycles. The average Bonchev–Trinajstić information content (AvgIpc) is 0.775. The van der Waals surface area contributed by atoms with Crippen molar-refractivity contribution in [3.8, 4) is 132 Å². The van der Waals surface area contributed by atoms with E-state index in [1.54, 1.807) is 76.9 Å². The number of terminal acetylenes is 7. The third-order valence-electron chi connectivity index (χ3n) is 14.1. The Hall–Kier alpha value is -16.0. The molecule has 16 aromatic carbocycles. The molecule has 0 aliphatic heterocycles. The molecule has 0 atom stereocenters. The SMILES string of the molecule is C#CC.C#CC.C#CC.C#CC.C#CC.C#CC.C#CC.CC.CC.CC.CC.CC.CC.CC.CC.CC.CC.CC.CC.COc1ccccc1.COc1ccccc1.COc1ccccc1.COc1ccccc1.Cc1ccccc1.Cc1ccccc1.c1ccc(-c2ccccc2)cc1.c1ccc(Oc2ccccc2)cc1.c1ccc2ccccc2c1.c1ccc2ccccc2c1.c1ccccc1.c1ccccc1. The number of ether oxygens (including phenoxy) is 5. The van der Waals surface area contributed by atoms with E-state index in [1.807, 2.05) is 469 Å². The molecule has 0 radical (unpaired) electrons. The summed E-state index contributed by atoms with van der Waals surface area (Å²) in [5, 5.41) is 5.24. The van der Waals surface area contributed by atoms with Crippen LogP contribution in [0.25, 0.3) is 32.7 Å². The summed E-state index contributed by atoms with van der Waals surface area (Å²) in [6, 6.07) is 157. The molecule has 16 aromatic rings. The van der Waals surface area contributed by atoms with Gasteiger partial charge in [0, 0.05) is 0 Å². The third-order valence-corrected chi connectivity index (χ3v) is 14.1. The van der Waals surface area contributed by atoms with Gasteiger partial charge in [-0.15, -0.1) is 86.4 Å². The van der Waals surface area contributed by atoms with E-state index in [1.165, 1.54) is 43.8 Å². The van der Waals surface area contributed by atoms with Crippen molar-refractivity contribution in [2.75, 3.05) is 28.4 Å². The van der Waals surface area contributed by atoms with Crippen LogP contribution in [0.1, 0.15) is 226 Å². The topological polar surface area (TPSA) is 46.2 Å². The van der Waals surface area contributed by atoms with Crippen LogP contribution in [0.4, 0.5) is 0 Å². The maximum Gasteiger partial charge on any atom is 0.127 e. The minimum absolute atomic E-state index is 0.869. The Bertz CT molecular complexity index is 4550. The predicted molar refractivity (Wildman–Crippen MR) is 678 cm³/mol. The standard InChI is InChI=1S/C12H10O.C12H10.2C10H8.4C7H8O.2C7H8.2C6H6.7C3H4.12C2H6/c1-3-7-11(8-4-1)13-12-9-5-2-6-10-12;1-3-7-11(8-4-1)12-9-5-2-6-10-12;2*1-2-6-10-8-4-3-7-9(10)5-1;4*1-8-7-5-3-2-4-6-7;2*1-7-5-3-2-4-6-7;2*1-2-4-6-5-3-1;7*1-3-2;12*1-2/h1-10H;1-10H;2*1-8H;4*2-6H,1H3;2*2-6H,1H3;2*1-6H;7*1H,2H3;12*1-2H3. The Kier molecular flexibility index (Phi) is 184. The predicted octanol–water partition coefficient (Wildman–Crippen LogP) is 43.4. The molecular formula is C143H196O5. The average molecular weight is 2000 g/mol. The van der Waals surface area contributed by atoms with Crippen LogP contribution in [0.3, 0.4) is 0 Å². The van der Waals surface area contributed by atoms with Crippen LogP contribution in [0.15, 0.2) is 473 Å². The highest BCUT2D eigenvalue weighted by Crippen LogP contribution is 2.21. The van der Waals surface area contributed by atoms with Crippen molar-refractivity contribution in [3.05, 3.63) is 484 Å². The van der Waals surface area contributed by atoms with E-state index < -0.39 is 0 Å². The highest BCUT2D eigenvalue weighted by molar-refractivity contribution is 5.82. The van der Waals surface area contributed by atoms with Gasteiger partial charge in [0.1, 0.15) is 34.5 Å². The summed E-state index contributed by atoms with van der Waals surface area (Å²) >= 11 is 0. The Morgan fingerprint density at radius 1 is 0.135 bits per heavy atom. The minimum Gasteiger partial charge on any atom is -0.497 e. The number of hydrogen-bond acceptors (Lipinski definition) is 5. The van der Waals surface area contributed by atoms with Gasteiger partial charge in [-0.3, -0.25) is 0 Å². The second-order valence-corrected chi connectivity index (χ2v) is 23.9. The summed E-state index contributed by atoms with van der Waals surface area (Å²) in [4.78, 5) is 0. The lowest BCUT2D eigenvalue weighted by Gasteiger charge is -2.03. The normalized spacial score (nSPS) is 7.18. The van der Waals surface area contributed by atoms with Crippen LogP contribution in [0, 0.1) is 100 Å². The molecule has 0 saturated heterocycles.